The third kappa shape index (κ3) is 6.16. The number of aryl methyl sites for hydroxylation is 2. The molecule has 0 atom stereocenters. The normalized spacial score (nSPS) is 14.6. The highest BCUT2D eigenvalue weighted by Crippen LogP contribution is 2.39. The van der Waals surface area contributed by atoms with Crippen molar-refractivity contribution in [2.75, 3.05) is 30.5 Å². The van der Waals surface area contributed by atoms with E-state index in [1.54, 1.807) is 19.2 Å². The molecular formula is C26H28F3N5O3. The number of urea groups is 1. The van der Waals surface area contributed by atoms with Crippen molar-refractivity contribution < 1.29 is 27.4 Å². The molecular weight excluding hydrogens is 487 g/mol. The summed E-state index contributed by atoms with van der Waals surface area (Å²) in [5.41, 5.74) is 1.27. The maximum absolute atomic E-state index is 13.7. The van der Waals surface area contributed by atoms with Crippen LogP contribution >= 0.6 is 0 Å². The molecule has 3 heterocycles. The van der Waals surface area contributed by atoms with Crippen LogP contribution in [0.25, 0.3) is 11.4 Å². The summed E-state index contributed by atoms with van der Waals surface area (Å²) < 4.78 is 52.0. The van der Waals surface area contributed by atoms with Crippen LogP contribution in [-0.4, -0.2) is 40.8 Å². The lowest BCUT2D eigenvalue weighted by Gasteiger charge is -2.38. The Morgan fingerprint density at radius 1 is 1.11 bits per heavy atom. The third-order valence-electron chi connectivity index (χ3n) is 6.02. The molecule has 0 aliphatic carbocycles. The van der Waals surface area contributed by atoms with E-state index in [1.807, 2.05) is 20.8 Å². The predicted octanol–water partition coefficient (Wildman–Crippen LogP) is 5.80. The van der Waals surface area contributed by atoms with Gasteiger partial charge in [0.05, 0.1) is 48.7 Å². The van der Waals surface area contributed by atoms with E-state index in [9.17, 15) is 18.0 Å². The van der Waals surface area contributed by atoms with Crippen molar-refractivity contribution in [1.29, 1.82) is 0 Å². The van der Waals surface area contributed by atoms with Gasteiger partial charge in [0.2, 0.25) is 0 Å². The van der Waals surface area contributed by atoms with Gasteiger partial charge < -0.3 is 20.1 Å². The molecule has 37 heavy (non-hydrogen) atoms. The Kier molecular flexibility index (Phi) is 7.35. The Balaban J connectivity index is 1.48. The van der Waals surface area contributed by atoms with Crippen molar-refractivity contribution in [3.8, 4) is 17.1 Å². The molecule has 11 heteroatoms. The van der Waals surface area contributed by atoms with Crippen LogP contribution in [0, 0.1) is 19.3 Å². The number of aromatic nitrogens is 3. The largest absolute Gasteiger partial charge is 0.492 e. The summed E-state index contributed by atoms with van der Waals surface area (Å²) >= 11 is 0. The molecule has 3 aromatic rings. The number of nitrogens with zero attached hydrogens (tertiary/aromatic N) is 3. The van der Waals surface area contributed by atoms with Crippen LogP contribution in [0.15, 0.2) is 36.7 Å². The van der Waals surface area contributed by atoms with Crippen molar-refractivity contribution in [2.24, 2.45) is 5.41 Å². The average molecular weight is 516 g/mol. The number of anilines is 2. The fraction of sp³-hybridized carbons (Fsp3) is 0.385. The number of pyridine rings is 1. The Morgan fingerprint density at radius 2 is 1.86 bits per heavy atom. The monoisotopic (exact) mass is 515 g/mol. The lowest BCUT2D eigenvalue weighted by Crippen LogP contribution is -2.41. The van der Waals surface area contributed by atoms with Gasteiger partial charge >= 0.3 is 12.2 Å². The first-order chi connectivity index (χ1) is 17.5. The van der Waals surface area contributed by atoms with E-state index in [4.69, 9.17) is 9.47 Å². The van der Waals surface area contributed by atoms with E-state index in [0.717, 1.165) is 11.8 Å². The van der Waals surface area contributed by atoms with Crippen LogP contribution in [-0.2, 0) is 17.3 Å². The Labute approximate surface area is 212 Å². The van der Waals surface area contributed by atoms with Gasteiger partial charge in [-0.15, -0.1) is 0 Å². The number of halogens is 3. The van der Waals surface area contributed by atoms with Crippen molar-refractivity contribution in [1.82, 2.24) is 15.0 Å². The summed E-state index contributed by atoms with van der Waals surface area (Å²) in [6.45, 7) is 8.61. The van der Waals surface area contributed by atoms with Crippen molar-refractivity contribution in [3.05, 3.63) is 59.2 Å². The van der Waals surface area contributed by atoms with Crippen molar-refractivity contribution in [2.45, 2.75) is 40.3 Å². The molecule has 196 valence electrons. The first-order valence-electron chi connectivity index (χ1n) is 11.8. The zero-order chi connectivity index (χ0) is 26.8. The number of benzene rings is 1. The Hall–Kier alpha value is -3.73. The van der Waals surface area contributed by atoms with E-state index in [2.05, 4.69) is 25.6 Å². The number of amides is 2. The van der Waals surface area contributed by atoms with E-state index >= 15 is 0 Å². The van der Waals surface area contributed by atoms with Gasteiger partial charge in [0.15, 0.2) is 5.82 Å². The van der Waals surface area contributed by atoms with Gasteiger partial charge in [0.25, 0.3) is 0 Å². The van der Waals surface area contributed by atoms with Crippen LogP contribution in [0.1, 0.15) is 36.4 Å². The molecule has 1 saturated heterocycles. The fourth-order valence-electron chi connectivity index (χ4n) is 4.03. The molecule has 2 amide bonds. The summed E-state index contributed by atoms with van der Waals surface area (Å²) in [7, 11) is 0. The minimum absolute atomic E-state index is 0.0213. The summed E-state index contributed by atoms with van der Waals surface area (Å²) in [6.07, 6.45) is -1.26. The Morgan fingerprint density at radius 3 is 2.49 bits per heavy atom. The standard InChI is InChI=1S/C26H28F3N5O3/c1-5-37-22-8-18(11-30-16(22)3)23-31-12-21(15(2)32-23)34-24(35)33-19-7-6-17(10-25(4)13-36-14-25)20(9-19)26(27,28)29/h6-9,11-12H,5,10,13-14H2,1-4H3,(H2,33,34,35). The number of nitrogens with one attached hydrogen (secondary N) is 2. The number of hydrogen-bond acceptors (Lipinski definition) is 6. The number of alkyl halides is 3. The van der Waals surface area contributed by atoms with Gasteiger partial charge in [-0.05, 0) is 51.0 Å². The highest BCUT2D eigenvalue weighted by molar-refractivity contribution is 6.00. The number of carbonyl (C=O) groups is 1. The van der Waals surface area contributed by atoms with Crippen LogP contribution in [0.3, 0.4) is 0 Å². The fourth-order valence-corrected chi connectivity index (χ4v) is 4.03. The zero-order valence-corrected chi connectivity index (χ0v) is 21.0. The maximum atomic E-state index is 13.7. The van der Waals surface area contributed by atoms with Crippen LogP contribution in [0.5, 0.6) is 5.75 Å². The first-order valence-corrected chi connectivity index (χ1v) is 11.8. The summed E-state index contributed by atoms with van der Waals surface area (Å²) in [6, 6.07) is 4.89. The summed E-state index contributed by atoms with van der Waals surface area (Å²) in [4.78, 5) is 25.6. The summed E-state index contributed by atoms with van der Waals surface area (Å²) in [5.74, 6) is 1.02. The minimum Gasteiger partial charge on any atom is -0.492 e. The number of hydrogen-bond donors (Lipinski definition) is 2. The molecule has 2 N–H and O–H groups in total. The second-order valence-corrected chi connectivity index (χ2v) is 9.36. The molecule has 1 aromatic carbocycles. The SMILES string of the molecule is CCOc1cc(-c2ncc(NC(=O)Nc3ccc(CC4(C)COC4)c(C(F)(F)F)c3)c(C)n2)cnc1C. The quantitative estimate of drug-likeness (QED) is 0.413. The van der Waals surface area contributed by atoms with Crippen LogP contribution < -0.4 is 15.4 Å². The maximum Gasteiger partial charge on any atom is 0.416 e. The van der Waals surface area contributed by atoms with E-state index < -0.39 is 17.8 Å². The molecule has 0 radical (unpaired) electrons. The molecule has 0 saturated carbocycles. The molecule has 4 rings (SSSR count). The zero-order valence-electron chi connectivity index (χ0n) is 21.0. The predicted molar refractivity (Wildman–Crippen MR) is 133 cm³/mol. The molecule has 0 spiro atoms. The highest BCUT2D eigenvalue weighted by atomic mass is 19.4. The molecule has 1 aliphatic heterocycles. The smallest absolute Gasteiger partial charge is 0.416 e. The number of carbonyl (C=O) groups excluding carboxylic acids is 1. The van der Waals surface area contributed by atoms with Gasteiger partial charge in [-0.1, -0.05) is 13.0 Å². The van der Waals surface area contributed by atoms with E-state index in [-0.39, 0.29) is 23.1 Å². The van der Waals surface area contributed by atoms with Crippen LogP contribution in [0.2, 0.25) is 0 Å². The van der Waals surface area contributed by atoms with E-state index in [0.29, 0.717) is 48.3 Å². The van der Waals surface area contributed by atoms with Crippen molar-refractivity contribution >= 4 is 17.4 Å². The van der Waals surface area contributed by atoms with E-state index in [1.165, 1.54) is 18.3 Å². The molecule has 2 aromatic heterocycles. The second kappa shape index (κ2) is 10.3. The molecule has 0 bridgehead atoms. The van der Waals surface area contributed by atoms with Gasteiger partial charge in [-0.2, -0.15) is 13.2 Å². The van der Waals surface area contributed by atoms with Gasteiger partial charge in [-0.25, -0.2) is 14.8 Å². The summed E-state index contributed by atoms with van der Waals surface area (Å²) in [5, 5.41) is 5.06. The van der Waals surface area contributed by atoms with Gasteiger partial charge in [-0.3, -0.25) is 4.98 Å². The van der Waals surface area contributed by atoms with Crippen molar-refractivity contribution in [3.63, 3.8) is 0 Å². The lowest BCUT2D eigenvalue weighted by molar-refractivity contribution is -0.139. The second-order valence-electron chi connectivity index (χ2n) is 9.36. The Bertz CT molecular complexity index is 1310. The molecule has 8 nitrogen and oxygen atoms in total. The average Bonchev–Trinajstić information content (AvgIpc) is 2.81. The third-order valence-corrected chi connectivity index (χ3v) is 6.02. The van der Waals surface area contributed by atoms with Gasteiger partial charge in [0.1, 0.15) is 5.75 Å². The first kappa shape index (κ1) is 26.3. The molecule has 0 unspecified atom stereocenters. The number of ether oxygens (including phenoxy) is 2. The van der Waals surface area contributed by atoms with Crippen LogP contribution in [0.4, 0.5) is 29.3 Å². The number of rotatable bonds is 7. The highest BCUT2D eigenvalue weighted by Gasteiger charge is 2.39. The topological polar surface area (TPSA) is 98.3 Å². The minimum atomic E-state index is -4.56. The molecule has 1 aliphatic rings. The molecule has 1 fully saturated rings. The van der Waals surface area contributed by atoms with Gasteiger partial charge in [0, 0.05) is 22.9 Å². The lowest BCUT2D eigenvalue weighted by atomic mass is 9.80.